The van der Waals surface area contributed by atoms with Gasteiger partial charge in [-0.3, -0.25) is 0 Å². The first-order chi connectivity index (χ1) is 8.20. The first-order valence-electron chi connectivity index (χ1n) is 5.43. The highest BCUT2D eigenvalue weighted by Crippen LogP contribution is 2.37. The summed E-state index contributed by atoms with van der Waals surface area (Å²) >= 11 is 1.48. The van der Waals surface area contributed by atoms with Gasteiger partial charge in [-0.1, -0.05) is 18.2 Å². The van der Waals surface area contributed by atoms with Crippen molar-refractivity contribution in [2.24, 2.45) is 7.05 Å². The number of fused-ring (bicyclic) bond motifs is 1. The van der Waals surface area contributed by atoms with Gasteiger partial charge in [-0.05, 0) is 13.0 Å². The van der Waals surface area contributed by atoms with Gasteiger partial charge < -0.3 is 10.3 Å². The quantitative estimate of drug-likeness (QED) is 0.713. The Kier molecular flexibility index (Phi) is 2.19. The maximum atomic E-state index is 5.99. The number of nitrogens with two attached hydrogens (primary N) is 1. The fourth-order valence-electron chi connectivity index (χ4n) is 2.26. The van der Waals surface area contributed by atoms with E-state index in [4.69, 9.17) is 5.73 Å². The molecule has 0 radical (unpaired) electrons. The Balaban J connectivity index is 2.45. The van der Waals surface area contributed by atoms with E-state index in [2.05, 4.69) is 41.7 Å². The van der Waals surface area contributed by atoms with Gasteiger partial charge in [-0.15, -0.1) is 11.3 Å². The number of aryl methyl sites for hydroxylation is 1. The van der Waals surface area contributed by atoms with Crippen molar-refractivity contribution in [3.8, 4) is 11.3 Å². The number of nitrogens with zero attached hydrogens (tertiary/aromatic N) is 2. The highest BCUT2D eigenvalue weighted by atomic mass is 32.1. The van der Waals surface area contributed by atoms with E-state index in [-0.39, 0.29) is 0 Å². The zero-order chi connectivity index (χ0) is 12.0. The third-order valence-electron chi connectivity index (χ3n) is 3.23. The molecule has 0 atom stereocenters. The van der Waals surface area contributed by atoms with Gasteiger partial charge in [-0.25, -0.2) is 4.98 Å². The van der Waals surface area contributed by atoms with Gasteiger partial charge in [0.1, 0.15) is 10.7 Å². The summed E-state index contributed by atoms with van der Waals surface area (Å²) in [6.45, 7) is 2.11. The van der Waals surface area contributed by atoms with Gasteiger partial charge in [0.25, 0.3) is 0 Å². The number of rotatable bonds is 1. The molecule has 0 unspecified atom stereocenters. The average Bonchev–Trinajstić information content (AvgIpc) is 2.84. The number of benzene rings is 1. The Labute approximate surface area is 104 Å². The Morgan fingerprint density at radius 3 is 2.76 bits per heavy atom. The van der Waals surface area contributed by atoms with E-state index in [0.717, 1.165) is 16.3 Å². The molecule has 1 aromatic carbocycles. The molecule has 3 nitrogen and oxygen atoms in total. The molecule has 0 aliphatic heterocycles. The SMILES string of the molecule is Cc1c(-c2ncsc2N)c2ccccc2n1C. The number of hydrogen-bond donors (Lipinski definition) is 1. The number of hydrogen-bond acceptors (Lipinski definition) is 3. The maximum Gasteiger partial charge on any atom is 0.114 e. The Bertz CT molecular complexity index is 694. The van der Waals surface area contributed by atoms with Crippen molar-refractivity contribution in [3.63, 3.8) is 0 Å². The van der Waals surface area contributed by atoms with Crippen molar-refractivity contribution in [2.45, 2.75) is 6.92 Å². The molecule has 4 heteroatoms. The normalized spacial score (nSPS) is 11.2. The van der Waals surface area contributed by atoms with E-state index in [1.54, 1.807) is 5.51 Å². The summed E-state index contributed by atoms with van der Waals surface area (Å²) in [4.78, 5) is 4.39. The molecule has 0 spiro atoms. The molecule has 2 N–H and O–H groups in total. The van der Waals surface area contributed by atoms with Crippen LogP contribution in [0.5, 0.6) is 0 Å². The molecule has 2 aromatic heterocycles. The Hall–Kier alpha value is -1.81. The summed E-state index contributed by atoms with van der Waals surface area (Å²) in [6, 6.07) is 8.34. The molecule has 0 saturated carbocycles. The van der Waals surface area contributed by atoms with Crippen molar-refractivity contribution >= 4 is 27.2 Å². The van der Waals surface area contributed by atoms with Crippen LogP contribution in [-0.2, 0) is 7.05 Å². The lowest BCUT2D eigenvalue weighted by Crippen LogP contribution is -1.91. The summed E-state index contributed by atoms with van der Waals surface area (Å²) < 4.78 is 2.18. The standard InChI is InChI=1S/C13H13N3S/c1-8-11(12-13(14)17-7-15-12)9-5-3-4-6-10(9)16(8)2/h3-7H,14H2,1-2H3. The number of nitrogen functional groups attached to an aromatic ring is 1. The molecule has 0 bridgehead atoms. The predicted molar refractivity (Wildman–Crippen MR) is 73.2 cm³/mol. The van der Waals surface area contributed by atoms with Crippen molar-refractivity contribution in [3.05, 3.63) is 35.5 Å². The van der Waals surface area contributed by atoms with Crippen LogP contribution in [0.3, 0.4) is 0 Å². The van der Waals surface area contributed by atoms with Crippen LogP contribution in [0.4, 0.5) is 5.00 Å². The van der Waals surface area contributed by atoms with Crippen LogP contribution in [0.25, 0.3) is 22.2 Å². The molecule has 3 rings (SSSR count). The molecule has 17 heavy (non-hydrogen) atoms. The zero-order valence-electron chi connectivity index (χ0n) is 9.77. The van der Waals surface area contributed by atoms with E-state index in [0.29, 0.717) is 0 Å². The van der Waals surface area contributed by atoms with Crippen LogP contribution in [0.15, 0.2) is 29.8 Å². The topological polar surface area (TPSA) is 43.8 Å². The summed E-state index contributed by atoms with van der Waals surface area (Å²) in [5, 5.41) is 1.99. The molecule has 0 saturated heterocycles. The summed E-state index contributed by atoms with van der Waals surface area (Å²) in [5.41, 5.74) is 12.3. The van der Waals surface area contributed by atoms with Crippen LogP contribution in [0.1, 0.15) is 5.69 Å². The fourth-order valence-corrected chi connectivity index (χ4v) is 2.80. The minimum atomic E-state index is 0.782. The molecular formula is C13H13N3S. The van der Waals surface area contributed by atoms with Crippen LogP contribution in [0.2, 0.25) is 0 Å². The summed E-state index contributed by atoms with van der Waals surface area (Å²) in [6.07, 6.45) is 0. The van der Waals surface area contributed by atoms with Crippen molar-refractivity contribution in [1.82, 2.24) is 9.55 Å². The minimum absolute atomic E-state index is 0.782. The smallest absolute Gasteiger partial charge is 0.114 e. The third-order valence-corrected chi connectivity index (χ3v) is 3.89. The lowest BCUT2D eigenvalue weighted by atomic mass is 10.1. The molecule has 2 heterocycles. The van der Waals surface area contributed by atoms with Crippen molar-refractivity contribution in [2.75, 3.05) is 5.73 Å². The van der Waals surface area contributed by atoms with E-state index in [1.807, 2.05) is 6.07 Å². The first kappa shape index (κ1) is 10.4. The van der Waals surface area contributed by atoms with Crippen molar-refractivity contribution < 1.29 is 0 Å². The van der Waals surface area contributed by atoms with Gasteiger partial charge in [0.15, 0.2) is 0 Å². The number of aromatic nitrogens is 2. The van der Waals surface area contributed by atoms with Crippen LogP contribution >= 0.6 is 11.3 Å². The zero-order valence-corrected chi connectivity index (χ0v) is 10.6. The Morgan fingerprint density at radius 1 is 1.29 bits per heavy atom. The third kappa shape index (κ3) is 1.37. The highest BCUT2D eigenvalue weighted by Gasteiger charge is 2.16. The van der Waals surface area contributed by atoms with Gasteiger partial charge in [0, 0.05) is 29.2 Å². The molecule has 86 valence electrons. The maximum absolute atomic E-state index is 5.99. The van der Waals surface area contributed by atoms with Crippen LogP contribution in [-0.4, -0.2) is 9.55 Å². The monoisotopic (exact) mass is 243 g/mol. The number of para-hydroxylation sites is 1. The second-order valence-corrected chi connectivity index (χ2v) is 4.99. The Morgan fingerprint density at radius 2 is 2.06 bits per heavy atom. The highest BCUT2D eigenvalue weighted by molar-refractivity contribution is 7.14. The van der Waals surface area contributed by atoms with Gasteiger partial charge in [0.05, 0.1) is 5.51 Å². The number of anilines is 1. The van der Waals surface area contributed by atoms with E-state index < -0.39 is 0 Å². The fraction of sp³-hybridized carbons (Fsp3) is 0.154. The summed E-state index contributed by atoms with van der Waals surface area (Å²) in [5.74, 6) is 0. The van der Waals surface area contributed by atoms with Gasteiger partial charge in [0.2, 0.25) is 0 Å². The van der Waals surface area contributed by atoms with E-state index >= 15 is 0 Å². The van der Waals surface area contributed by atoms with E-state index in [1.165, 1.54) is 27.9 Å². The van der Waals surface area contributed by atoms with Crippen molar-refractivity contribution in [1.29, 1.82) is 0 Å². The average molecular weight is 243 g/mol. The molecule has 0 aliphatic rings. The molecule has 0 fully saturated rings. The predicted octanol–water partition coefficient (Wildman–Crippen LogP) is 3.19. The second kappa shape index (κ2) is 3.60. The van der Waals surface area contributed by atoms with Crippen LogP contribution in [0, 0.1) is 6.92 Å². The lowest BCUT2D eigenvalue weighted by Gasteiger charge is -2.00. The minimum Gasteiger partial charge on any atom is -0.389 e. The van der Waals surface area contributed by atoms with Gasteiger partial charge >= 0.3 is 0 Å². The van der Waals surface area contributed by atoms with Crippen LogP contribution < -0.4 is 5.73 Å². The first-order valence-corrected chi connectivity index (χ1v) is 6.31. The lowest BCUT2D eigenvalue weighted by molar-refractivity contribution is 0.919. The molecular weight excluding hydrogens is 230 g/mol. The summed E-state index contributed by atoms with van der Waals surface area (Å²) in [7, 11) is 2.07. The van der Waals surface area contributed by atoms with E-state index in [9.17, 15) is 0 Å². The number of thiazole rings is 1. The second-order valence-electron chi connectivity index (χ2n) is 4.10. The molecule has 0 aliphatic carbocycles. The molecule has 0 amide bonds. The molecule has 3 aromatic rings. The van der Waals surface area contributed by atoms with Gasteiger partial charge in [-0.2, -0.15) is 0 Å². The largest absolute Gasteiger partial charge is 0.389 e.